The summed E-state index contributed by atoms with van der Waals surface area (Å²) in [5.41, 5.74) is 0.500. The maximum atomic E-state index is 13.3. The minimum absolute atomic E-state index is 0.101. The lowest BCUT2D eigenvalue weighted by molar-refractivity contribution is 0.479. The van der Waals surface area contributed by atoms with Crippen LogP contribution in [0, 0.1) is 11.6 Å². The molecule has 0 spiro atoms. The van der Waals surface area contributed by atoms with Crippen LogP contribution in [0.5, 0.6) is 0 Å². The predicted octanol–water partition coefficient (Wildman–Crippen LogP) is 3.02. The van der Waals surface area contributed by atoms with Crippen molar-refractivity contribution in [2.45, 2.75) is 32.9 Å². The normalized spacial score (nSPS) is 13.3. The SMILES string of the molecule is CC(C)N[C@@H](C)c1ccc(F)cc1F. The Morgan fingerprint density at radius 1 is 1.14 bits per heavy atom. The van der Waals surface area contributed by atoms with E-state index >= 15 is 0 Å². The molecule has 0 aliphatic rings. The van der Waals surface area contributed by atoms with Crippen LogP contribution in [-0.2, 0) is 0 Å². The van der Waals surface area contributed by atoms with Crippen LogP contribution >= 0.6 is 0 Å². The van der Waals surface area contributed by atoms with E-state index in [1.807, 2.05) is 20.8 Å². The van der Waals surface area contributed by atoms with Crippen molar-refractivity contribution in [1.82, 2.24) is 5.32 Å². The van der Waals surface area contributed by atoms with Crippen LogP contribution in [0.25, 0.3) is 0 Å². The lowest BCUT2D eigenvalue weighted by Crippen LogP contribution is -2.26. The summed E-state index contributed by atoms with van der Waals surface area (Å²) in [5.74, 6) is -1.03. The summed E-state index contributed by atoms with van der Waals surface area (Å²) in [6, 6.07) is 3.83. The van der Waals surface area contributed by atoms with Crippen molar-refractivity contribution in [2.24, 2.45) is 0 Å². The van der Waals surface area contributed by atoms with Gasteiger partial charge in [0.1, 0.15) is 11.6 Å². The van der Waals surface area contributed by atoms with Crippen LogP contribution < -0.4 is 5.32 Å². The lowest BCUT2D eigenvalue weighted by Gasteiger charge is -2.17. The topological polar surface area (TPSA) is 12.0 Å². The zero-order valence-corrected chi connectivity index (χ0v) is 8.64. The third-order valence-corrected chi connectivity index (χ3v) is 2.01. The Labute approximate surface area is 83.1 Å². The highest BCUT2D eigenvalue weighted by molar-refractivity contribution is 5.21. The van der Waals surface area contributed by atoms with Crippen LogP contribution in [0.2, 0.25) is 0 Å². The number of benzene rings is 1. The first-order chi connectivity index (χ1) is 6.50. The van der Waals surface area contributed by atoms with Crippen molar-refractivity contribution in [1.29, 1.82) is 0 Å². The Morgan fingerprint density at radius 2 is 1.79 bits per heavy atom. The predicted molar refractivity (Wildman–Crippen MR) is 53.0 cm³/mol. The summed E-state index contributed by atoms with van der Waals surface area (Å²) in [6.07, 6.45) is 0. The van der Waals surface area contributed by atoms with Gasteiger partial charge in [-0.05, 0) is 13.0 Å². The van der Waals surface area contributed by atoms with Crippen molar-refractivity contribution in [2.75, 3.05) is 0 Å². The summed E-state index contributed by atoms with van der Waals surface area (Å²) in [5, 5.41) is 3.16. The number of rotatable bonds is 3. The third-order valence-electron chi connectivity index (χ3n) is 2.01. The zero-order valence-electron chi connectivity index (χ0n) is 8.64. The molecule has 1 nitrogen and oxygen atoms in total. The molecular formula is C11H15F2N. The smallest absolute Gasteiger partial charge is 0.130 e. The van der Waals surface area contributed by atoms with Gasteiger partial charge in [-0.15, -0.1) is 0 Å². The maximum absolute atomic E-state index is 13.3. The molecule has 0 fully saturated rings. The Bertz CT molecular complexity index is 310. The number of hydrogen-bond donors (Lipinski definition) is 1. The molecule has 78 valence electrons. The standard InChI is InChI=1S/C11H15F2N/c1-7(2)14-8(3)10-5-4-9(12)6-11(10)13/h4-8,14H,1-3H3/t8-/m0/s1. The molecule has 1 atom stereocenters. The first kappa shape index (κ1) is 11.1. The highest BCUT2D eigenvalue weighted by Gasteiger charge is 2.11. The van der Waals surface area contributed by atoms with Gasteiger partial charge in [0.05, 0.1) is 0 Å². The molecule has 0 amide bonds. The monoisotopic (exact) mass is 199 g/mol. The number of halogens is 2. The molecule has 14 heavy (non-hydrogen) atoms. The minimum Gasteiger partial charge on any atom is -0.308 e. The Morgan fingerprint density at radius 3 is 2.29 bits per heavy atom. The summed E-state index contributed by atoms with van der Waals surface area (Å²) in [4.78, 5) is 0. The largest absolute Gasteiger partial charge is 0.308 e. The minimum atomic E-state index is -0.539. The van der Waals surface area contributed by atoms with E-state index in [0.29, 0.717) is 5.56 Å². The lowest BCUT2D eigenvalue weighted by atomic mass is 10.1. The second kappa shape index (κ2) is 4.51. The van der Waals surface area contributed by atoms with Crippen molar-refractivity contribution in [3.05, 3.63) is 35.4 Å². The molecule has 0 radical (unpaired) electrons. The molecule has 0 heterocycles. The molecule has 3 heteroatoms. The zero-order chi connectivity index (χ0) is 10.7. The van der Waals surface area contributed by atoms with Crippen LogP contribution in [0.15, 0.2) is 18.2 Å². The van der Waals surface area contributed by atoms with Crippen molar-refractivity contribution < 1.29 is 8.78 Å². The number of hydrogen-bond acceptors (Lipinski definition) is 1. The number of nitrogens with one attached hydrogen (secondary N) is 1. The molecule has 0 aliphatic heterocycles. The van der Waals surface area contributed by atoms with Gasteiger partial charge in [-0.3, -0.25) is 0 Å². The van der Waals surface area contributed by atoms with E-state index in [2.05, 4.69) is 5.32 Å². The van der Waals surface area contributed by atoms with Crippen molar-refractivity contribution in [3.63, 3.8) is 0 Å². The van der Waals surface area contributed by atoms with Gasteiger partial charge in [0.25, 0.3) is 0 Å². The average Bonchev–Trinajstić information content (AvgIpc) is 2.01. The molecular weight excluding hydrogens is 184 g/mol. The van der Waals surface area contributed by atoms with Crippen molar-refractivity contribution >= 4 is 0 Å². The van der Waals surface area contributed by atoms with Crippen LogP contribution in [0.1, 0.15) is 32.4 Å². The van der Waals surface area contributed by atoms with Gasteiger partial charge in [0.2, 0.25) is 0 Å². The van der Waals surface area contributed by atoms with Gasteiger partial charge in [-0.25, -0.2) is 8.78 Å². The summed E-state index contributed by atoms with van der Waals surface area (Å²) < 4.78 is 25.9. The fraction of sp³-hybridized carbons (Fsp3) is 0.455. The highest BCUT2D eigenvalue weighted by Crippen LogP contribution is 2.17. The molecule has 0 saturated carbocycles. The summed E-state index contributed by atoms with van der Waals surface area (Å²) in [6.45, 7) is 5.83. The first-order valence-corrected chi connectivity index (χ1v) is 4.71. The molecule has 0 bridgehead atoms. The van der Waals surface area contributed by atoms with Crippen molar-refractivity contribution in [3.8, 4) is 0 Å². The molecule has 1 rings (SSSR count). The van der Waals surface area contributed by atoms with Crippen LogP contribution in [-0.4, -0.2) is 6.04 Å². The second-order valence-corrected chi connectivity index (χ2v) is 3.71. The molecule has 0 aliphatic carbocycles. The van der Waals surface area contributed by atoms with E-state index < -0.39 is 11.6 Å². The fourth-order valence-electron chi connectivity index (χ4n) is 1.44. The summed E-state index contributed by atoms with van der Waals surface area (Å²) >= 11 is 0. The van der Waals surface area contributed by atoms with Gasteiger partial charge in [-0.2, -0.15) is 0 Å². The molecule has 1 N–H and O–H groups in total. The molecule has 1 aromatic carbocycles. The molecule has 1 aromatic rings. The van der Waals surface area contributed by atoms with E-state index in [0.717, 1.165) is 6.07 Å². The van der Waals surface area contributed by atoms with Gasteiger partial charge in [0.15, 0.2) is 0 Å². The third kappa shape index (κ3) is 2.77. The average molecular weight is 199 g/mol. The van der Waals surface area contributed by atoms with Crippen LogP contribution in [0.3, 0.4) is 0 Å². The van der Waals surface area contributed by atoms with E-state index in [9.17, 15) is 8.78 Å². The first-order valence-electron chi connectivity index (χ1n) is 4.71. The Hall–Kier alpha value is -0.960. The Kier molecular flexibility index (Phi) is 3.58. The Balaban J connectivity index is 2.84. The quantitative estimate of drug-likeness (QED) is 0.789. The van der Waals surface area contributed by atoms with Gasteiger partial charge >= 0.3 is 0 Å². The van der Waals surface area contributed by atoms with E-state index in [4.69, 9.17) is 0 Å². The summed E-state index contributed by atoms with van der Waals surface area (Å²) in [7, 11) is 0. The van der Waals surface area contributed by atoms with Gasteiger partial charge in [0, 0.05) is 23.7 Å². The van der Waals surface area contributed by atoms with E-state index in [1.165, 1.54) is 12.1 Å². The van der Waals surface area contributed by atoms with E-state index in [-0.39, 0.29) is 12.1 Å². The van der Waals surface area contributed by atoms with Crippen LogP contribution in [0.4, 0.5) is 8.78 Å². The van der Waals surface area contributed by atoms with Gasteiger partial charge < -0.3 is 5.32 Å². The van der Waals surface area contributed by atoms with E-state index in [1.54, 1.807) is 0 Å². The fourth-order valence-corrected chi connectivity index (χ4v) is 1.44. The second-order valence-electron chi connectivity index (χ2n) is 3.71. The maximum Gasteiger partial charge on any atom is 0.130 e. The molecule has 0 saturated heterocycles. The highest BCUT2D eigenvalue weighted by atomic mass is 19.1. The molecule has 0 unspecified atom stereocenters. The van der Waals surface area contributed by atoms with Gasteiger partial charge in [-0.1, -0.05) is 19.9 Å². The molecule has 0 aromatic heterocycles.